The highest BCUT2D eigenvalue weighted by Gasteiger charge is 2.42. The van der Waals surface area contributed by atoms with E-state index in [1.807, 2.05) is 0 Å². The van der Waals surface area contributed by atoms with Crippen LogP contribution in [0.15, 0.2) is 65.8 Å². The van der Waals surface area contributed by atoms with E-state index in [9.17, 15) is 4.79 Å². The first kappa shape index (κ1) is 18.6. The first-order valence-corrected chi connectivity index (χ1v) is 10.9. The van der Waals surface area contributed by atoms with Gasteiger partial charge in [-0.2, -0.15) is 0 Å². The first-order chi connectivity index (χ1) is 14.2. The Labute approximate surface area is 173 Å². The Balaban J connectivity index is 1.35. The lowest BCUT2D eigenvalue weighted by molar-refractivity contribution is -0.136. The highest BCUT2D eigenvalue weighted by atomic mass is 16.5. The zero-order chi connectivity index (χ0) is 19.8. The van der Waals surface area contributed by atoms with Crippen molar-refractivity contribution in [2.75, 3.05) is 20.2 Å². The van der Waals surface area contributed by atoms with E-state index in [1.165, 1.54) is 48.6 Å². The van der Waals surface area contributed by atoms with Crippen LogP contribution in [0, 0.1) is 5.41 Å². The minimum Gasteiger partial charge on any atom is -0.466 e. The summed E-state index contributed by atoms with van der Waals surface area (Å²) in [6.45, 7) is 1.78. The Morgan fingerprint density at radius 3 is 3.03 bits per heavy atom. The average molecular weight is 388 g/mol. The SMILES string of the molecule is COC(=O)C1=CCCN(C2CCC3(C=CC4=C(C3)c3ccccc3CC=C4)C2)C1. The molecule has 4 aliphatic rings. The molecular formula is C26H29NO2. The summed E-state index contributed by atoms with van der Waals surface area (Å²) in [5.41, 5.74) is 6.86. The second-order valence-electron chi connectivity index (χ2n) is 8.95. The molecule has 29 heavy (non-hydrogen) atoms. The van der Waals surface area contributed by atoms with E-state index in [2.05, 4.69) is 59.5 Å². The highest BCUT2D eigenvalue weighted by Crippen LogP contribution is 2.51. The maximum absolute atomic E-state index is 12.0. The van der Waals surface area contributed by atoms with Crippen molar-refractivity contribution in [3.63, 3.8) is 0 Å². The molecule has 3 nitrogen and oxygen atoms in total. The minimum absolute atomic E-state index is 0.170. The summed E-state index contributed by atoms with van der Waals surface area (Å²) in [6.07, 6.45) is 18.2. The van der Waals surface area contributed by atoms with Gasteiger partial charge in [0.25, 0.3) is 0 Å². The second kappa shape index (κ2) is 7.46. The zero-order valence-corrected chi connectivity index (χ0v) is 17.2. The van der Waals surface area contributed by atoms with Crippen molar-refractivity contribution in [2.45, 2.75) is 44.6 Å². The van der Waals surface area contributed by atoms with Gasteiger partial charge in [0, 0.05) is 24.7 Å². The van der Waals surface area contributed by atoms with Crippen LogP contribution in [0.3, 0.4) is 0 Å². The van der Waals surface area contributed by atoms with Crippen LogP contribution < -0.4 is 0 Å². The van der Waals surface area contributed by atoms with E-state index in [0.29, 0.717) is 6.04 Å². The van der Waals surface area contributed by atoms with Crippen molar-refractivity contribution in [3.8, 4) is 0 Å². The van der Waals surface area contributed by atoms with Gasteiger partial charge in [-0.1, -0.05) is 54.6 Å². The van der Waals surface area contributed by atoms with Gasteiger partial charge in [0.1, 0.15) is 0 Å². The number of allylic oxidation sites excluding steroid dienone is 6. The predicted molar refractivity (Wildman–Crippen MR) is 116 cm³/mol. The van der Waals surface area contributed by atoms with Gasteiger partial charge in [-0.05, 0) is 66.2 Å². The highest BCUT2D eigenvalue weighted by molar-refractivity contribution is 5.89. The van der Waals surface area contributed by atoms with Gasteiger partial charge in [0.05, 0.1) is 7.11 Å². The van der Waals surface area contributed by atoms with Gasteiger partial charge in [0.2, 0.25) is 0 Å². The van der Waals surface area contributed by atoms with Crippen LogP contribution in [-0.4, -0.2) is 37.1 Å². The fourth-order valence-electron chi connectivity index (χ4n) is 5.70. The fraction of sp³-hybridized carbons (Fsp3) is 0.423. The Hall–Kier alpha value is -2.39. The number of ether oxygens (including phenoxy) is 1. The molecule has 5 rings (SSSR count). The standard InChI is InChI=1S/C26H29NO2/c1-29-25(28)21-9-5-15-27(18-21)22-12-14-26(16-22)13-11-20-8-4-7-19-6-2-3-10-23(19)24(20)17-26/h2-4,6,8-11,13,22H,5,7,12,14-18H2,1H3. The largest absolute Gasteiger partial charge is 0.466 e. The molecule has 2 unspecified atom stereocenters. The number of carbonyl (C=O) groups excluding carboxylic acids is 1. The second-order valence-corrected chi connectivity index (χ2v) is 8.95. The molecule has 1 aliphatic heterocycles. The summed E-state index contributed by atoms with van der Waals surface area (Å²) in [6, 6.07) is 9.44. The number of hydrogen-bond donors (Lipinski definition) is 0. The number of methoxy groups -OCH3 is 1. The number of fused-ring (bicyclic) bond motifs is 2. The summed E-state index contributed by atoms with van der Waals surface area (Å²) < 4.78 is 4.96. The molecule has 0 N–H and O–H groups in total. The number of carbonyl (C=O) groups is 1. The molecule has 1 fully saturated rings. The van der Waals surface area contributed by atoms with Crippen LogP contribution in [0.25, 0.3) is 5.57 Å². The molecule has 0 bridgehead atoms. The Kier molecular flexibility index (Phi) is 4.79. The predicted octanol–water partition coefficient (Wildman–Crippen LogP) is 4.86. The Morgan fingerprint density at radius 2 is 2.14 bits per heavy atom. The average Bonchev–Trinajstić information content (AvgIpc) is 3.09. The van der Waals surface area contributed by atoms with Crippen molar-refractivity contribution in [3.05, 3.63) is 76.9 Å². The van der Waals surface area contributed by atoms with Crippen LogP contribution in [0.1, 0.15) is 43.2 Å². The third-order valence-corrected chi connectivity index (χ3v) is 7.23. The van der Waals surface area contributed by atoms with Crippen molar-refractivity contribution in [1.82, 2.24) is 4.90 Å². The van der Waals surface area contributed by atoms with Crippen LogP contribution in [0.2, 0.25) is 0 Å². The van der Waals surface area contributed by atoms with E-state index >= 15 is 0 Å². The molecule has 3 heteroatoms. The van der Waals surface area contributed by atoms with Crippen molar-refractivity contribution < 1.29 is 9.53 Å². The number of esters is 1. The summed E-state index contributed by atoms with van der Waals surface area (Å²) in [4.78, 5) is 14.5. The maximum atomic E-state index is 12.0. The third-order valence-electron chi connectivity index (χ3n) is 7.23. The molecule has 1 spiro atoms. The van der Waals surface area contributed by atoms with E-state index in [-0.39, 0.29) is 11.4 Å². The van der Waals surface area contributed by atoms with Gasteiger partial charge in [0.15, 0.2) is 0 Å². The van der Waals surface area contributed by atoms with E-state index in [4.69, 9.17) is 4.74 Å². The summed E-state index contributed by atoms with van der Waals surface area (Å²) in [7, 11) is 1.48. The van der Waals surface area contributed by atoms with E-state index in [0.717, 1.165) is 37.9 Å². The molecule has 2 atom stereocenters. The van der Waals surface area contributed by atoms with E-state index in [1.54, 1.807) is 0 Å². The number of benzene rings is 1. The molecule has 150 valence electrons. The smallest absolute Gasteiger partial charge is 0.334 e. The van der Waals surface area contributed by atoms with Crippen molar-refractivity contribution in [1.29, 1.82) is 0 Å². The summed E-state index contributed by atoms with van der Waals surface area (Å²) in [5, 5.41) is 0. The lowest BCUT2D eigenvalue weighted by Gasteiger charge is -2.35. The fourth-order valence-corrected chi connectivity index (χ4v) is 5.70. The van der Waals surface area contributed by atoms with Crippen LogP contribution in [0.5, 0.6) is 0 Å². The number of hydrogen-bond acceptors (Lipinski definition) is 3. The van der Waals surface area contributed by atoms with Gasteiger partial charge in [-0.3, -0.25) is 4.90 Å². The van der Waals surface area contributed by atoms with Crippen LogP contribution in [0.4, 0.5) is 0 Å². The van der Waals surface area contributed by atoms with Crippen LogP contribution >= 0.6 is 0 Å². The van der Waals surface area contributed by atoms with Gasteiger partial charge < -0.3 is 4.74 Å². The number of nitrogens with zero attached hydrogens (tertiary/aromatic N) is 1. The summed E-state index contributed by atoms with van der Waals surface area (Å²) in [5.74, 6) is -0.170. The Morgan fingerprint density at radius 1 is 1.24 bits per heavy atom. The molecule has 3 aliphatic carbocycles. The quantitative estimate of drug-likeness (QED) is 0.679. The lowest BCUT2D eigenvalue weighted by Crippen LogP contribution is -2.40. The lowest BCUT2D eigenvalue weighted by atomic mass is 9.73. The van der Waals surface area contributed by atoms with Gasteiger partial charge in [-0.15, -0.1) is 0 Å². The van der Waals surface area contributed by atoms with Crippen molar-refractivity contribution in [2.24, 2.45) is 5.41 Å². The van der Waals surface area contributed by atoms with Crippen LogP contribution in [-0.2, 0) is 16.0 Å². The third kappa shape index (κ3) is 3.42. The molecule has 1 aromatic rings. The van der Waals surface area contributed by atoms with E-state index < -0.39 is 0 Å². The monoisotopic (exact) mass is 387 g/mol. The molecule has 0 saturated heterocycles. The van der Waals surface area contributed by atoms with Gasteiger partial charge in [-0.25, -0.2) is 4.79 Å². The first-order valence-electron chi connectivity index (χ1n) is 10.9. The molecule has 0 aromatic heterocycles. The molecule has 1 heterocycles. The minimum atomic E-state index is -0.170. The normalized spacial score (nSPS) is 28.7. The molecular weight excluding hydrogens is 358 g/mol. The van der Waals surface area contributed by atoms with Gasteiger partial charge >= 0.3 is 5.97 Å². The van der Waals surface area contributed by atoms with Crippen molar-refractivity contribution >= 4 is 11.5 Å². The Bertz CT molecular complexity index is 951. The maximum Gasteiger partial charge on any atom is 0.334 e. The number of rotatable bonds is 2. The topological polar surface area (TPSA) is 29.5 Å². The molecule has 1 saturated carbocycles. The molecule has 0 radical (unpaired) electrons. The molecule has 0 amide bonds. The zero-order valence-electron chi connectivity index (χ0n) is 17.2. The molecule has 1 aromatic carbocycles. The summed E-state index contributed by atoms with van der Waals surface area (Å²) >= 11 is 0.